The van der Waals surface area contributed by atoms with Crippen LogP contribution in [0.15, 0.2) is 65.8 Å². The number of carbonyl (C=O) groups excluding carboxylic acids is 1. The Kier molecular flexibility index (Phi) is 4.85. The molecule has 5 rings (SSSR count). The maximum Gasteiger partial charge on any atom is 0.211 e. The zero-order valence-corrected chi connectivity index (χ0v) is 19.3. The molecule has 4 nitrogen and oxygen atoms in total. The Labute approximate surface area is 190 Å². The van der Waals surface area contributed by atoms with Crippen molar-refractivity contribution < 1.29 is 19.7 Å². The topological polar surface area (TPSA) is 66.8 Å². The number of ketones is 1. The Bertz CT molecular complexity index is 1020. The Balaban J connectivity index is 1.44. The van der Waals surface area contributed by atoms with Crippen molar-refractivity contribution in [2.45, 2.75) is 52.9 Å². The molecule has 0 spiro atoms. The first-order valence-electron chi connectivity index (χ1n) is 12.0. The lowest BCUT2D eigenvalue weighted by atomic mass is 9.47. The summed E-state index contributed by atoms with van der Waals surface area (Å²) in [7, 11) is 0. The van der Waals surface area contributed by atoms with Gasteiger partial charge in [0, 0.05) is 5.92 Å². The van der Waals surface area contributed by atoms with Crippen LogP contribution in [-0.2, 0) is 4.79 Å². The second-order valence-electron chi connectivity index (χ2n) is 11.0. The van der Waals surface area contributed by atoms with E-state index < -0.39 is 11.2 Å². The summed E-state index contributed by atoms with van der Waals surface area (Å²) in [6.45, 7) is 11.1. The summed E-state index contributed by atoms with van der Waals surface area (Å²) >= 11 is 0. The Morgan fingerprint density at radius 2 is 1.84 bits per heavy atom. The average molecular weight is 435 g/mol. The first-order valence-corrected chi connectivity index (χ1v) is 12.0. The molecule has 0 unspecified atom stereocenters. The largest absolute Gasteiger partial charge is 0.504 e. The molecule has 0 saturated heterocycles. The molecule has 1 aromatic rings. The lowest BCUT2D eigenvalue weighted by Crippen LogP contribution is -2.53. The highest BCUT2D eigenvalue weighted by molar-refractivity contribution is 6.02. The Morgan fingerprint density at radius 1 is 1.12 bits per heavy atom. The monoisotopic (exact) mass is 434 g/mol. The van der Waals surface area contributed by atoms with Gasteiger partial charge >= 0.3 is 0 Å². The molecule has 7 atom stereocenters. The molecule has 0 bridgehead atoms. The lowest BCUT2D eigenvalue weighted by Gasteiger charge is -2.57. The van der Waals surface area contributed by atoms with Crippen LogP contribution in [0.25, 0.3) is 0 Å². The summed E-state index contributed by atoms with van der Waals surface area (Å²) in [6, 6.07) is 9.89. The van der Waals surface area contributed by atoms with E-state index in [1.807, 2.05) is 37.3 Å². The summed E-state index contributed by atoms with van der Waals surface area (Å²) in [5, 5.41) is 20.3. The minimum Gasteiger partial charge on any atom is -0.504 e. The van der Waals surface area contributed by atoms with E-state index in [4.69, 9.17) is 4.74 Å². The fourth-order valence-electron chi connectivity index (χ4n) is 8.11. The molecule has 1 aromatic carbocycles. The molecule has 0 aliphatic heterocycles. The van der Waals surface area contributed by atoms with Crippen LogP contribution in [0, 0.1) is 40.4 Å². The number of hydrogen-bond acceptors (Lipinski definition) is 4. The van der Waals surface area contributed by atoms with Gasteiger partial charge in [-0.2, -0.15) is 0 Å². The van der Waals surface area contributed by atoms with Crippen LogP contribution in [0.4, 0.5) is 0 Å². The van der Waals surface area contributed by atoms with E-state index in [1.54, 1.807) is 6.08 Å². The molecule has 170 valence electrons. The third kappa shape index (κ3) is 2.84. The van der Waals surface area contributed by atoms with Gasteiger partial charge in [0.1, 0.15) is 11.5 Å². The quantitative estimate of drug-likeness (QED) is 0.532. The van der Waals surface area contributed by atoms with Gasteiger partial charge < -0.3 is 14.9 Å². The van der Waals surface area contributed by atoms with Crippen molar-refractivity contribution in [1.82, 2.24) is 0 Å². The zero-order chi connectivity index (χ0) is 22.8. The summed E-state index contributed by atoms with van der Waals surface area (Å²) in [6.07, 6.45) is 6.53. The number of carbonyl (C=O) groups is 1. The van der Waals surface area contributed by atoms with E-state index in [9.17, 15) is 15.0 Å². The summed E-state index contributed by atoms with van der Waals surface area (Å²) in [5.41, 5.74) is 0.364. The van der Waals surface area contributed by atoms with Gasteiger partial charge in [0.2, 0.25) is 11.5 Å². The maximum absolute atomic E-state index is 13.2. The van der Waals surface area contributed by atoms with Gasteiger partial charge in [-0.1, -0.05) is 44.2 Å². The molecule has 3 saturated carbocycles. The second-order valence-corrected chi connectivity index (χ2v) is 11.0. The number of aliphatic hydroxyl groups is 2. The number of benzene rings is 1. The molecule has 32 heavy (non-hydrogen) atoms. The van der Waals surface area contributed by atoms with Gasteiger partial charge in [-0.05, 0) is 86.3 Å². The number of para-hydroxylation sites is 1. The summed E-state index contributed by atoms with van der Waals surface area (Å²) in [4.78, 5) is 13.2. The van der Waals surface area contributed by atoms with Gasteiger partial charge in [0.25, 0.3) is 0 Å². The van der Waals surface area contributed by atoms with Gasteiger partial charge in [-0.25, -0.2) is 0 Å². The van der Waals surface area contributed by atoms with E-state index in [0.717, 1.165) is 49.2 Å². The number of fused-ring (bicyclic) bond motifs is 5. The molecule has 0 aromatic heterocycles. The van der Waals surface area contributed by atoms with Crippen molar-refractivity contribution in [3.05, 3.63) is 65.8 Å². The molecular weight excluding hydrogens is 400 g/mol. The second kappa shape index (κ2) is 7.26. The highest BCUT2D eigenvalue weighted by atomic mass is 16.5. The predicted octanol–water partition coefficient (Wildman–Crippen LogP) is 6.52. The number of ether oxygens (including phenoxy) is 1. The third-order valence-corrected chi connectivity index (χ3v) is 9.51. The number of aliphatic hydroxyl groups excluding tert-OH is 2. The van der Waals surface area contributed by atoms with Gasteiger partial charge in [0.05, 0.1) is 5.41 Å². The van der Waals surface area contributed by atoms with E-state index in [2.05, 4.69) is 20.4 Å². The number of hydrogen-bond donors (Lipinski definition) is 2. The molecule has 0 radical (unpaired) electrons. The number of Topliss-reactive ketones (excluding diaryl/α,β-unsaturated/α-hetero) is 1. The van der Waals surface area contributed by atoms with E-state index >= 15 is 0 Å². The van der Waals surface area contributed by atoms with Crippen LogP contribution in [0.1, 0.15) is 52.9 Å². The van der Waals surface area contributed by atoms with E-state index in [0.29, 0.717) is 17.8 Å². The van der Waals surface area contributed by atoms with Crippen molar-refractivity contribution in [3.8, 4) is 5.75 Å². The fraction of sp³-hybridized carbons (Fsp3) is 0.536. The SMILES string of the molecule is C=C(Oc1ccccc1)[C@H]1[C@H](C)C[C@H]2[C@@H]3CCC4=CC(O)=C(O)C(=O)[C@]4(C)[C@H]3CC[C@@]21C. The van der Waals surface area contributed by atoms with Crippen LogP contribution in [0.3, 0.4) is 0 Å². The van der Waals surface area contributed by atoms with Crippen LogP contribution >= 0.6 is 0 Å². The highest BCUT2D eigenvalue weighted by Gasteiger charge is 2.63. The van der Waals surface area contributed by atoms with Crippen LogP contribution in [-0.4, -0.2) is 16.0 Å². The van der Waals surface area contributed by atoms with Crippen molar-refractivity contribution in [2.75, 3.05) is 0 Å². The standard InChI is InChI=1S/C28H34O4/c1-16-14-22-20-11-10-18-15-23(29)25(30)26(31)28(18,4)21(20)12-13-27(22,3)24(16)17(2)32-19-8-6-5-7-9-19/h5-9,15-16,20-22,24,29-30H,2,10-14H2,1,3-4H3/t16-,20-,21+,22+,24-,27+,28+/m1/s1. The summed E-state index contributed by atoms with van der Waals surface area (Å²) in [5.74, 6) is 2.49. The molecule has 2 N–H and O–H groups in total. The molecule has 0 amide bonds. The normalized spacial score (nSPS) is 40.8. The molecule has 3 fully saturated rings. The molecular formula is C28H34O4. The van der Waals surface area contributed by atoms with Gasteiger partial charge in [-0.3, -0.25) is 4.79 Å². The first kappa shape index (κ1) is 21.4. The lowest BCUT2D eigenvalue weighted by molar-refractivity contribution is -0.135. The molecule has 4 aliphatic carbocycles. The van der Waals surface area contributed by atoms with Crippen molar-refractivity contribution in [1.29, 1.82) is 0 Å². The minimum absolute atomic E-state index is 0.0851. The maximum atomic E-state index is 13.2. The summed E-state index contributed by atoms with van der Waals surface area (Å²) < 4.78 is 6.24. The predicted molar refractivity (Wildman–Crippen MR) is 124 cm³/mol. The van der Waals surface area contributed by atoms with Crippen LogP contribution < -0.4 is 4.74 Å². The Hall–Kier alpha value is -2.49. The molecule has 4 heteroatoms. The number of allylic oxidation sites excluding steroid dienone is 4. The Morgan fingerprint density at radius 3 is 2.56 bits per heavy atom. The van der Waals surface area contributed by atoms with E-state index in [-0.39, 0.29) is 28.8 Å². The first-order chi connectivity index (χ1) is 15.2. The third-order valence-electron chi connectivity index (χ3n) is 9.51. The van der Waals surface area contributed by atoms with Gasteiger partial charge in [0.15, 0.2) is 5.76 Å². The van der Waals surface area contributed by atoms with Crippen LogP contribution in [0.2, 0.25) is 0 Å². The zero-order valence-electron chi connectivity index (χ0n) is 19.3. The molecule has 0 heterocycles. The fourth-order valence-corrected chi connectivity index (χ4v) is 8.11. The highest BCUT2D eigenvalue weighted by Crippen LogP contribution is 2.68. The van der Waals surface area contributed by atoms with Gasteiger partial charge in [-0.15, -0.1) is 0 Å². The molecule has 4 aliphatic rings. The smallest absolute Gasteiger partial charge is 0.211 e. The van der Waals surface area contributed by atoms with Crippen molar-refractivity contribution >= 4 is 5.78 Å². The van der Waals surface area contributed by atoms with Crippen molar-refractivity contribution in [2.24, 2.45) is 40.4 Å². The minimum atomic E-state index is -0.709. The van der Waals surface area contributed by atoms with Crippen LogP contribution in [0.5, 0.6) is 5.75 Å². The average Bonchev–Trinajstić information content (AvgIpc) is 3.04. The number of rotatable bonds is 3. The van der Waals surface area contributed by atoms with Crippen molar-refractivity contribution in [3.63, 3.8) is 0 Å². The van der Waals surface area contributed by atoms with E-state index in [1.165, 1.54) is 0 Å².